The molecule has 0 aromatic heterocycles. The van der Waals surface area contributed by atoms with E-state index in [1.54, 1.807) is 0 Å². The maximum absolute atomic E-state index is 15.2. The van der Waals surface area contributed by atoms with Crippen LogP contribution >= 0.6 is 0 Å². The van der Waals surface area contributed by atoms with E-state index in [9.17, 15) is 9.59 Å². The molecule has 0 bridgehead atoms. The third-order valence-electron chi connectivity index (χ3n) is 17.2. The van der Waals surface area contributed by atoms with Crippen LogP contribution in [-0.4, -0.2) is 23.6 Å². The molecule has 2 aliphatic carbocycles. The topological polar surface area (TPSA) is 74.8 Å². The van der Waals surface area contributed by atoms with Gasteiger partial charge in [-0.25, -0.2) is 9.80 Å². The summed E-state index contributed by atoms with van der Waals surface area (Å²) in [6, 6.07) is 57.3. The molecule has 4 aliphatic rings. The lowest BCUT2D eigenvalue weighted by molar-refractivity contribution is 0.0877. The van der Waals surface area contributed by atoms with Gasteiger partial charge in [-0.05, 0) is 163 Å². The first-order valence-electron chi connectivity index (χ1n) is 27.5. The molecule has 6 heteroatoms. The van der Waals surface area contributed by atoms with Crippen LogP contribution in [0.3, 0.4) is 0 Å². The van der Waals surface area contributed by atoms with E-state index in [1.807, 2.05) is 97.1 Å². The van der Waals surface area contributed by atoms with Gasteiger partial charge in [0.1, 0.15) is 0 Å². The molecule has 0 N–H and O–H groups in total. The van der Waals surface area contributed by atoms with Crippen molar-refractivity contribution in [1.29, 1.82) is 0 Å². The average Bonchev–Trinajstić information content (AvgIpc) is 4.22. The Kier molecular flexibility index (Phi) is 11.8. The zero-order valence-corrected chi connectivity index (χ0v) is 43.7. The largest absolute Gasteiger partial charge is 0.268 e. The molecule has 13 rings (SSSR count). The highest BCUT2D eigenvalue weighted by atomic mass is 16.2. The number of imide groups is 2. The van der Waals surface area contributed by atoms with Gasteiger partial charge >= 0.3 is 0 Å². The van der Waals surface area contributed by atoms with Gasteiger partial charge in [0, 0.05) is 33.0 Å². The van der Waals surface area contributed by atoms with Crippen LogP contribution in [0.1, 0.15) is 166 Å². The fourth-order valence-corrected chi connectivity index (χ4v) is 13.4. The van der Waals surface area contributed by atoms with Crippen LogP contribution in [0.4, 0.5) is 11.4 Å². The molecule has 2 saturated carbocycles. The maximum atomic E-state index is 15.2. The number of benzene rings is 9. The second-order valence-electron chi connectivity index (χ2n) is 22.3. The van der Waals surface area contributed by atoms with Gasteiger partial charge in [-0.2, -0.15) is 0 Å². The fraction of sp³-hybridized carbons (Fsp3) is 0.229. The number of hydrogen-bond donors (Lipinski definition) is 0. The van der Waals surface area contributed by atoms with Crippen molar-refractivity contribution in [2.45, 2.75) is 103 Å². The molecule has 0 atom stereocenters. The van der Waals surface area contributed by atoms with Crippen LogP contribution in [0.5, 0.6) is 0 Å². The summed E-state index contributed by atoms with van der Waals surface area (Å²) in [6.45, 7) is 8.55. The van der Waals surface area contributed by atoms with Crippen molar-refractivity contribution in [3.05, 3.63) is 214 Å². The number of carbonyl (C=O) groups is 4. The molecule has 0 radical (unpaired) electrons. The molecule has 374 valence electrons. The molecular weight excluding hydrogens is 933 g/mol. The normalized spacial score (nSPS) is 15.9. The van der Waals surface area contributed by atoms with Gasteiger partial charge < -0.3 is 0 Å². The molecule has 2 heterocycles. The summed E-state index contributed by atoms with van der Waals surface area (Å²) in [5.41, 5.74) is 15.3. The van der Waals surface area contributed by atoms with Crippen molar-refractivity contribution in [2.24, 2.45) is 0 Å². The zero-order valence-electron chi connectivity index (χ0n) is 43.7. The standard InChI is InChI=1S/C70H60N2O4/c1-41(2)55-37-49(43-17-11-12-18-43)33-35-61(55)71-67(73)53-27-15-25-51-63(57(45-21-7-5-8-22-45)39-59(65(51)53)69(71)75)47-29-31-48(32-30-47)64-52-26-16-28-54-66(52)60(40-58(64)46-23-9-6-10-24-46)70(76)72(68(54)74)62-36-34-50(38-56(62)42(3)4)44-19-13-14-20-44/h5-10,15-16,21-44H,11-14,17-20H2,1-4H3. The lowest BCUT2D eigenvalue weighted by atomic mass is 9.82. The number of nitrogens with zero attached hydrogens (tertiary/aromatic N) is 2. The Morgan fingerprint density at radius 1 is 0.355 bits per heavy atom. The van der Waals surface area contributed by atoms with E-state index >= 15 is 9.59 Å². The number of carbonyl (C=O) groups excluding carboxylic acids is 4. The minimum atomic E-state index is -0.322. The third kappa shape index (κ3) is 7.66. The Labute approximate surface area is 445 Å². The second-order valence-corrected chi connectivity index (χ2v) is 22.3. The van der Waals surface area contributed by atoms with Gasteiger partial charge in [0.15, 0.2) is 0 Å². The van der Waals surface area contributed by atoms with E-state index in [4.69, 9.17) is 0 Å². The predicted molar refractivity (Wildman–Crippen MR) is 309 cm³/mol. The van der Waals surface area contributed by atoms with E-state index in [1.165, 1.54) is 72.3 Å². The Hall–Kier alpha value is -8.22. The molecule has 2 fully saturated rings. The first-order valence-corrected chi connectivity index (χ1v) is 27.5. The van der Waals surface area contributed by atoms with E-state index in [2.05, 4.69) is 100 Å². The summed E-state index contributed by atoms with van der Waals surface area (Å²) in [5.74, 6) is -0.0769. The molecule has 2 aliphatic heterocycles. The zero-order chi connectivity index (χ0) is 51.9. The Morgan fingerprint density at radius 3 is 1.09 bits per heavy atom. The van der Waals surface area contributed by atoms with Gasteiger partial charge in [-0.1, -0.05) is 187 Å². The molecule has 6 nitrogen and oxygen atoms in total. The molecule has 0 spiro atoms. The van der Waals surface area contributed by atoms with E-state index in [0.717, 1.165) is 66.4 Å². The van der Waals surface area contributed by atoms with Gasteiger partial charge in [0.2, 0.25) is 0 Å². The molecule has 76 heavy (non-hydrogen) atoms. The van der Waals surface area contributed by atoms with E-state index in [0.29, 0.717) is 56.2 Å². The van der Waals surface area contributed by atoms with Crippen molar-refractivity contribution in [2.75, 3.05) is 9.80 Å². The minimum Gasteiger partial charge on any atom is -0.268 e. The Bertz CT molecular complexity index is 3610. The van der Waals surface area contributed by atoms with Gasteiger partial charge in [-0.15, -0.1) is 0 Å². The van der Waals surface area contributed by atoms with E-state index < -0.39 is 0 Å². The smallest absolute Gasteiger partial charge is 0.266 e. The summed E-state index contributed by atoms with van der Waals surface area (Å²) in [7, 11) is 0. The summed E-state index contributed by atoms with van der Waals surface area (Å²) < 4.78 is 0. The number of amides is 4. The predicted octanol–water partition coefficient (Wildman–Crippen LogP) is 17.8. The minimum absolute atomic E-state index is 0.0977. The van der Waals surface area contributed by atoms with Crippen molar-refractivity contribution in [3.63, 3.8) is 0 Å². The van der Waals surface area contributed by atoms with Crippen LogP contribution in [0, 0.1) is 0 Å². The fourth-order valence-electron chi connectivity index (χ4n) is 13.4. The van der Waals surface area contributed by atoms with Crippen LogP contribution in [0.25, 0.3) is 66.1 Å². The number of hydrogen-bond acceptors (Lipinski definition) is 4. The van der Waals surface area contributed by atoms with Crippen molar-refractivity contribution in [3.8, 4) is 44.5 Å². The first-order chi connectivity index (χ1) is 37.0. The summed E-state index contributed by atoms with van der Waals surface area (Å²) >= 11 is 0. The van der Waals surface area contributed by atoms with Crippen LogP contribution in [-0.2, 0) is 0 Å². The van der Waals surface area contributed by atoms with Gasteiger partial charge in [-0.3, -0.25) is 19.2 Å². The summed E-state index contributed by atoms with van der Waals surface area (Å²) in [6.07, 6.45) is 9.58. The molecular formula is C70H60N2O4. The SMILES string of the molecule is CC(C)c1cc(C2CCCC2)ccc1N1C(=O)c2cccc3c(-c4ccc(-c5c(-c6ccccc6)cc6c7c(cccc57)C(=O)N(c5ccc(C7CCCC7)cc5C(C)C)C6=O)cc4)c(-c4ccccc4)cc(c23)C1=O. The van der Waals surface area contributed by atoms with E-state index in [-0.39, 0.29) is 35.5 Å². The van der Waals surface area contributed by atoms with Crippen LogP contribution in [0.15, 0.2) is 170 Å². The number of rotatable bonds is 10. The molecule has 9 aromatic carbocycles. The lowest BCUT2D eigenvalue weighted by Crippen LogP contribution is -2.41. The molecule has 9 aromatic rings. The first kappa shape index (κ1) is 47.5. The van der Waals surface area contributed by atoms with Crippen molar-refractivity contribution >= 4 is 56.5 Å². The van der Waals surface area contributed by atoms with Gasteiger partial charge in [0.05, 0.1) is 11.4 Å². The lowest BCUT2D eigenvalue weighted by Gasteiger charge is -2.31. The molecule has 4 amide bonds. The number of anilines is 2. The second kappa shape index (κ2) is 18.9. The third-order valence-corrected chi connectivity index (χ3v) is 17.2. The molecule has 0 unspecified atom stereocenters. The maximum Gasteiger partial charge on any atom is 0.266 e. The van der Waals surface area contributed by atoms with Crippen LogP contribution in [0.2, 0.25) is 0 Å². The highest BCUT2D eigenvalue weighted by Gasteiger charge is 2.39. The monoisotopic (exact) mass is 992 g/mol. The summed E-state index contributed by atoms with van der Waals surface area (Å²) in [5, 5.41) is 2.96. The van der Waals surface area contributed by atoms with Crippen LogP contribution < -0.4 is 9.80 Å². The highest BCUT2D eigenvalue weighted by molar-refractivity contribution is 6.39. The summed E-state index contributed by atoms with van der Waals surface area (Å²) in [4.78, 5) is 63.1. The Balaban J connectivity index is 0.945. The average molecular weight is 993 g/mol. The molecule has 0 saturated heterocycles. The van der Waals surface area contributed by atoms with Crippen molar-refractivity contribution < 1.29 is 19.2 Å². The Morgan fingerprint density at radius 2 is 0.724 bits per heavy atom. The van der Waals surface area contributed by atoms with Crippen molar-refractivity contribution in [1.82, 2.24) is 0 Å². The highest BCUT2D eigenvalue weighted by Crippen LogP contribution is 2.49. The van der Waals surface area contributed by atoms with Gasteiger partial charge in [0.25, 0.3) is 23.6 Å². The quantitative estimate of drug-likeness (QED) is 0.128.